The molecule has 0 saturated heterocycles. The van der Waals surface area contributed by atoms with Crippen molar-refractivity contribution in [2.45, 2.75) is 81.8 Å². The van der Waals surface area contributed by atoms with Gasteiger partial charge in [-0.15, -0.1) is 0 Å². The molecule has 0 radical (unpaired) electrons. The standard InChI is InChI=1S/C60H57N3O5/c1-3-4-25-54(58(65)62-56(41-17-6-5-7-18-41)42-28-30-45(31-29-42)60-34-15-14-19-44(36-60)39(60)2)61-55(64)38-67-46-32-33-48-43(35-46)27-26-40-16-8-9-20-47(40)57(48)63-59(66)68-37-53-51-23-12-10-21-49(51)50-22-11-13-24-52(50)53/h5-14,16-24,28-33,35,39,44,53-54,56-57H,3-4,25-27,36-38H2,1-2H3,(H,61,64)(H,62,65)(H,63,66)/t39-,44?,54?,56?,57?,60+/m1/s1. The van der Waals surface area contributed by atoms with Gasteiger partial charge >= 0.3 is 6.09 Å². The topological polar surface area (TPSA) is 106 Å². The molecule has 6 atom stereocenters. The molecule has 8 heteroatoms. The van der Waals surface area contributed by atoms with Crippen molar-refractivity contribution in [3.63, 3.8) is 0 Å². The van der Waals surface area contributed by atoms with Gasteiger partial charge in [-0.2, -0.15) is 0 Å². The Morgan fingerprint density at radius 2 is 1.40 bits per heavy atom. The molecule has 0 aromatic heterocycles. The fourth-order valence-corrected chi connectivity index (χ4v) is 11.0. The van der Waals surface area contributed by atoms with Gasteiger partial charge in [-0.05, 0) is 117 Å². The van der Waals surface area contributed by atoms with Crippen LogP contribution in [0.15, 0.2) is 158 Å². The maximum absolute atomic E-state index is 14.2. The minimum atomic E-state index is -0.757. The van der Waals surface area contributed by atoms with Gasteiger partial charge in [0.05, 0.1) is 17.5 Å². The number of aryl methyl sites for hydroxylation is 2. The molecule has 68 heavy (non-hydrogen) atoms. The monoisotopic (exact) mass is 899 g/mol. The highest BCUT2D eigenvalue weighted by molar-refractivity contribution is 5.88. The first-order valence-electron chi connectivity index (χ1n) is 24.2. The molecule has 8 nitrogen and oxygen atoms in total. The fraction of sp³-hybridized carbons (Fsp3) is 0.283. The van der Waals surface area contributed by atoms with Crippen molar-refractivity contribution in [3.05, 3.63) is 208 Å². The number of benzene rings is 6. The Bertz CT molecular complexity index is 2890. The van der Waals surface area contributed by atoms with E-state index in [-0.39, 0.29) is 36.4 Å². The Hall–Kier alpha value is -7.37. The van der Waals surface area contributed by atoms with E-state index in [1.54, 1.807) is 0 Å². The Kier molecular flexibility index (Phi) is 12.7. The van der Waals surface area contributed by atoms with Gasteiger partial charge in [-0.3, -0.25) is 9.59 Å². The molecule has 4 unspecified atom stereocenters. The number of allylic oxidation sites excluding steroid dienone is 2. The molecule has 1 fully saturated rings. The molecule has 6 aromatic carbocycles. The molecule has 3 N–H and O–H groups in total. The number of amides is 3. The molecule has 1 saturated carbocycles. The summed E-state index contributed by atoms with van der Waals surface area (Å²) >= 11 is 0. The van der Waals surface area contributed by atoms with Crippen LogP contribution in [0.4, 0.5) is 4.79 Å². The van der Waals surface area contributed by atoms with Crippen molar-refractivity contribution in [2.24, 2.45) is 11.8 Å². The van der Waals surface area contributed by atoms with Crippen molar-refractivity contribution >= 4 is 17.9 Å². The van der Waals surface area contributed by atoms with E-state index in [4.69, 9.17) is 9.47 Å². The Morgan fingerprint density at radius 3 is 2.13 bits per heavy atom. The third-order valence-corrected chi connectivity index (χ3v) is 14.8. The number of carbonyl (C=O) groups excluding carboxylic acids is 3. The van der Waals surface area contributed by atoms with E-state index < -0.39 is 24.2 Å². The first kappa shape index (κ1) is 44.5. The first-order valence-corrected chi connectivity index (χ1v) is 24.2. The van der Waals surface area contributed by atoms with Crippen molar-refractivity contribution in [3.8, 4) is 28.7 Å². The van der Waals surface area contributed by atoms with Gasteiger partial charge in [-0.25, -0.2) is 4.79 Å². The molecular formula is C60H57N3O5. The van der Waals surface area contributed by atoms with Crippen LogP contribution in [0, 0.1) is 23.7 Å². The van der Waals surface area contributed by atoms with Crippen molar-refractivity contribution < 1.29 is 23.9 Å². The van der Waals surface area contributed by atoms with Crippen LogP contribution in [-0.2, 0) is 32.6 Å². The normalized spacial score (nSPS) is 20.2. The Labute approximate surface area is 399 Å². The zero-order valence-electron chi connectivity index (χ0n) is 38.7. The second kappa shape index (κ2) is 19.5. The van der Waals surface area contributed by atoms with Gasteiger partial charge in [0.15, 0.2) is 6.61 Å². The molecule has 3 amide bonds. The average molecular weight is 900 g/mol. The molecule has 2 bridgehead atoms. The van der Waals surface area contributed by atoms with Crippen LogP contribution in [0.2, 0.25) is 0 Å². The number of carbonyl (C=O) groups is 3. The largest absolute Gasteiger partial charge is 0.484 e. The molecule has 0 aliphatic heterocycles. The van der Waals surface area contributed by atoms with Crippen LogP contribution in [0.3, 0.4) is 0 Å². The number of hydrogen-bond donors (Lipinski definition) is 3. The second-order valence-corrected chi connectivity index (χ2v) is 18.7. The summed E-state index contributed by atoms with van der Waals surface area (Å²) < 4.78 is 12.2. The highest BCUT2D eigenvalue weighted by atomic mass is 16.5. The summed E-state index contributed by atoms with van der Waals surface area (Å²) in [5.74, 6) is 7.60. The number of unbranched alkanes of at least 4 members (excludes halogenated alkanes) is 1. The predicted molar refractivity (Wildman–Crippen MR) is 266 cm³/mol. The SMILES string of the molecule is CCCCC(NC(=O)COc1ccc2c(c1)CCc1ccccc1C2NC(=O)OCC1c2ccccc2-c2ccccc21)C(=O)NC(c1ccccc1)c1ccc([C@@]23C#CC=CC(C2)[C@H]3C)cc1. The summed E-state index contributed by atoms with van der Waals surface area (Å²) in [4.78, 5) is 41.6. The number of fused-ring (bicyclic) bond motifs is 6. The number of nitrogens with one attached hydrogen (secondary N) is 3. The van der Waals surface area contributed by atoms with E-state index in [0.717, 1.165) is 76.6 Å². The smallest absolute Gasteiger partial charge is 0.407 e. The zero-order valence-corrected chi connectivity index (χ0v) is 38.7. The van der Waals surface area contributed by atoms with Crippen molar-refractivity contribution in [1.82, 2.24) is 16.0 Å². The van der Waals surface area contributed by atoms with Crippen LogP contribution in [0.5, 0.6) is 5.75 Å². The van der Waals surface area contributed by atoms with Gasteiger partial charge in [0.2, 0.25) is 5.91 Å². The minimum Gasteiger partial charge on any atom is -0.484 e. The highest BCUT2D eigenvalue weighted by Gasteiger charge is 2.51. The summed E-state index contributed by atoms with van der Waals surface area (Å²) in [7, 11) is 0. The van der Waals surface area contributed by atoms with E-state index in [1.807, 2.05) is 91.0 Å². The van der Waals surface area contributed by atoms with Crippen LogP contribution < -0.4 is 20.7 Å². The Morgan fingerprint density at radius 1 is 0.735 bits per heavy atom. The first-order chi connectivity index (χ1) is 33.3. The molecule has 0 heterocycles. The number of ether oxygens (including phenoxy) is 2. The minimum absolute atomic E-state index is 0.0521. The maximum atomic E-state index is 14.2. The lowest BCUT2D eigenvalue weighted by Crippen LogP contribution is -2.49. The van der Waals surface area contributed by atoms with E-state index in [2.05, 4.69) is 108 Å². The van der Waals surface area contributed by atoms with E-state index in [0.29, 0.717) is 24.0 Å². The number of alkyl carbamates (subject to hydrolysis) is 1. The molecule has 0 spiro atoms. The summed E-state index contributed by atoms with van der Waals surface area (Å²) in [5, 5.41) is 9.51. The second-order valence-electron chi connectivity index (χ2n) is 18.7. The van der Waals surface area contributed by atoms with E-state index in [1.165, 1.54) is 16.7 Å². The third-order valence-electron chi connectivity index (χ3n) is 14.8. The van der Waals surface area contributed by atoms with Crippen molar-refractivity contribution in [1.29, 1.82) is 0 Å². The van der Waals surface area contributed by atoms with Crippen LogP contribution in [0.1, 0.15) is 108 Å². The maximum Gasteiger partial charge on any atom is 0.407 e. The van der Waals surface area contributed by atoms with Crippen LogP contribution in [-0.4, -0.2) is 37.2 Å². The lowest BCUT2D eigenvalue weighted by molar-refractivity contribution is -0.130. The quantitative estimate of drug-likeness (QED) is 0.0891. The van der Waals surface area contributed by atoms with E-state index in [9.17, 15) is 14.4 Å². The third kappa shape index (κ3) is 8.81. The van der Waals surface area contributed by atoms with Crippen LogP contribution in [0.25, 0.3) is 11.1 Å². The summed E-state index contributed by atoms with van der Waals surface area (Å²) in [5.41, 5.74) is 11.7. The van der Waals surface area contributed by atoms with Gasteiger partial charge < -0.3 is 25.4 Å². The average Bonchev–Trinajstić information content (AvgIpc) is 3.55. The molecule has 5 aliphatic rings. The lowest BCUT2D eigenvalue weighted by Gasteiger charge is -2.49. The highest BCUT2D eigenvalue weighted by Crippen LogP contribution is 2.54. The predicted octanol–water partition coefficient (Wildman–Crippen LogP) is 10.8. The molecular weight excluding hydrogens is 843 g/mol. The summed E-state index contributed by atoms with van der Waals surface area (Å²) in [6.07, 6.45) is 8.36. The van der Waals surface area contributed by atoms with Gasteiger partial charge in [0, 0.05) is 5.92 Å². The number of hydrogen-bond acceptors (Lipinski definition) is 5. The van der Waals surface area contributed by atoms with E-state index >= 15 is 0 Å². The zero-order chi connectivity index (χ0) is 46.6. The Balaban J connectivity index is 0.805. The van der Waals surface area contributed by atoms with Crippen LogP contribution >= 0.6 is 0 Å². The van der Waals surface area contributed by atoms with Gasteiger partial charge in [0.25, 0.3) is 5.91 Å². The van der Waals surface area contributed by atoms with Gasteiger partial charge in [-0.1, -0.05) is 178 Å². The summed E-state index contributed by atoms with van der Waals surface area (Å²) in [6.45, 7) is 4.31. The fourth-order valence-electron chi connectivity index (χ4n) is 11.0. The molecule has 11 rings (SSSR count). The molecule has 6 aromatic rings. The lowest BCUT2D eigenvalue weighted by atomic mass is 9.52. The molecule has 5 aliphatic carbocycles. The summed E-state index contributed by atoms with van der Waals surface area (Å²) in [6, 6.07) is 47.4. The molecule has 342 valence electrons. The van der Waals surface area contributed by atoms with Gasteiger partial charge in [0.1, 0.15) is 18.4 Å². The number of rotatable bonds is 15. The van der Waals surface area contributed by atoms with Crippen molar-refractivity contribution in [2.75, 3.05) is 13.2 Å².